The third-order valence-corrected chi connectivity index (χ3v) is 4.53. The molecule has 0 aliphatic carbocycles. The predicted octanol–water partition coefficient (Wildman–Crippen LogP) is 3.39. The third-order valence-electron chi connectivity index (χ3n) is 4.53. The Labute approximate surface area is 173 Å². The van der Waals surface area contributed by atoms with Crippen molar-refractivity contribution in [3.63, 3.8) is 0 Å². The molecule has 2 aromatic carbocycles. The normalized spacial score (nSPS) is 12.4. The van der Waals surface area contributed by atoms with E-state index < -0.39 is 0 Å². The lowest BCUT2D eigenvalue weighted by atomic mass is 10.0. The molecule has 0 aliphatic heterocycles. The SMILES string of the molecule is CCNC(=NCC(c1ccccc1OC)N(C)C)Nc1ccc(OC)c(OC)c1. The van der Waals surface area contributed by atoms with E-state index in [2.05, 4.69) is 21.6 Å². The third kappa shape index (κ3) is 6.02. The quantitative estimate of drug-likeness (QED) is 0.497. The van der Waals surface area contributed by atoms with Crippen LogP contribution >= 0.6 is 0 Å². The van der Waals surface area contributed by atoms with Gasteiger partial charge in [-0.3, -0.25) is 4.99 Å². The molecule has 0 bridgehead atoms. The standard InChI is InChI=1S/C22H32N4O3/c1-7-23-22(25-16-12-13-20(28-5)21(14-16)29-6)24-15-18(26(2)3)17-10-8-9-11-19(17)27-4/h8-14,18H,7,15H2,1-6H3,(H2,23,24,25). The molecule has 7 nitrogen and oxygen atoms in total. The summed E-state index contributed by atoms with van der Waals surface area (Å²) in [5, 5.41) is 6.62. The Morgan fingerprint density at radius 3 is 2.28 bits per heavy atom. The van der Waals surface area contributed by atoms with Crippen molar-refractivity contribution in [2.45, 2.75) is 13.0 Å². The number of nitrogens with one attached hydrogen (secondary N) is 2. The fraction of sp³-hybridized carbons (Fsp3) is 0.409. The lowest BCUT2D eigenvalue weighted by molar-refractivity contribution is 0.295. The van der Waals surface area contributed by atoms with E-state index in [1.807, 2.05) is 57.4 Å². The van der Waals surface area contributed by atoms with Crippen molar-refractivity contribution in [2.75, 3.05) is 53.8 Å². The first kappa shape index (κ1) is 22.4. The van der Waals surface area contributed by atoms with Crippen molar-refractivity contribution in [1.82, 2.24) is 10.2 Å². The van der Waals surface area contributed by atoms with Crippen molar-refractivity contribution in [3.05, 3.63) is 48.0 Å². The summed E-state index contributed by atoms with van der Waals surface area (Å²) in [6, 6.07) is 13.8. The van der Waals surface area contributed by atoms with E-state index in [0.29, 0.717) is 24.0 Å². The topological polar surface area (TPSA) is 67.4 Å². The van der Waals surface area contributed by atoms with Gasteiger partial charge in [-0.2, -0.15) is 0 Å². The first-order valence-corrected chi connectivity index (χ1v) is 9.60. The summed E-state index contributed by atoms with van der Waals surface area (Å²) in [5.41, 5.74) is 1.96. The number of hydrogen-bond acceptors (Lipinski definition) is 5. The van der Waals surface area contributed by atoms with Gasteiger partial charge in [-0.15, -0.1) is 0 Å². The largest absolute Gasteiger partial charge is 0.496 e. The summed E-state index contributed by atoms with van der Waals surface area (Å²) in [6.07, 6.45) is 0. The van der Waals surface area contributed by atoms with E-state index >= 15 is 0 Å². The second-order valence-electron chi connectivity index (χ2n) is 6.64. The number of benzene rings is 2. The monoisotopic (exact) mass is 400 g/mol. The molecule has 0 aromatic heterocycles. The van der Waals surface area contributed by atoms with Gasteiger partial charge in [-0.25, -0.2) is 0 Å². The number of ether oxygens (including phenoxy) is 3. The molecule has 0 fully saturated rings. The number of likely N-dealkylation sites (N-methyl/N-ethyl adjacent to an activating group) is 1. The zero-order valence-corrected chi connectivity index (χ0v) is 18.2. The molecule has 2 N–H and O–H groups in total. The summed E-state index contributed by atoms with van der Waals surface area (Å²) in [4.78, 5) is 6.95. The molecule has 158 valence electrons. The molecule has 7 heteroatoms. The van der Waals surface area contributed by atoms with E-state index in [-0.39, 0.29) is 6.04 Å². The predicted molar refractivity (Wildman–Crippen MR) is 119 cm³/mol. The zero-order chi connectivity index (χ0) is 21.2. The number of nitrogens with zero attached hydrogens (tertiary/aromatic N) is 2. The van der Waals surface area contributed by atoms with Gasteiger partial charge in [0.05, 0.1) is 33.9 Å². The molecule has 0 radical (unpaired) electrons. The van der Waals surface area contributed by atoms with E-state index in [4.69, 9.17) is 19.2 Å². The van der Waals surface area contributed by atoms with Gasteiger partial charge >= 0.3 is 0 Å². The summed E-state index contributed by atoms with van der Waals surface area (Å²) in [6.45, 7) is 3.35. The molecule has 0 aliphatic rings. The highest BCUT2D eigenvalue weighted by Gasteiger charge is 2.18. The van der Waals surface area contributed by atoms with Crippen LogP contribution in [0.3, 0.4) is 0 Å². The van der Waals surface area contributed by atoms with Gasteiger partial charge in [0.25, 0.3) is 0 Å². The van der Waals surface area contributed by atoms with Crippen LogP contribution in [0.25, 0.3) is 0 Å². The Hall–Kier alpha value is -2.93. The molecule has 0 spiro atoms. The number of rotatable bonds is 9. The fourth-order valence-electron chi connectivity index (χ4n) is 3.02. The molecule has 0 heterocycles. The molecule has 2 rings (SSSR count). The first-order valence-electron chi connectivity index (χ1n) is 9.60. The lowest BCUT2D eigenvalue weighted by Gasteiger charge is -2.25. The van der Waals surface area contributed by atoms with Gasteiger partial charge in [0.1, 0.15) is 5.75 Å². The van der Waals surface area contributed by atoms with Crippen LogP contribution in [0.2, 0.25) is 0 Å². The van der Waals surface area contributed by atoms with Crippen LogP contribution in [0.5, 0.6) is 17.2 Å². The second-order valence-corrected chi connectivity index (χ2v) is 6.64. The molecule has 0 saturated carbocycles. The van der Waals surface area contributed by atoms with Crippen molar-refractivity contribution >= 4 is 11.6 Å². The minimum Gasteiger partial charge on any atom is -0.496 e. The Morgan fingerprint density at radius 2 is 1.66 bits per heavy atom. The summed E-state index contributed by atoms with van der Waals surface area (Å²) < 4.78 is 16.2. The highest BCUT2D eigenvalue weighted by molar-refractivity contribution is 5.94. The fourth-order valence-corrected chi connectivity index (χ4v) is 3.02. The number of methoxy groups -OCH3 is 3. The van der Waals surface area contributed by atoms with Crippen LogP contribution in [0.15, 0.2) is 47.5 Å². The molecule has 29 heavy (non-hydrogen) atoms. The summed E-state index contributed by atoms with van der Waals surface area (Å²) >= 11 is 0. The highest BCUT2D eigenvalue weighted by atomic mass is 16.5. The number of guanidine groups is 1. The first-order chi connectivity index (χ1) is 14.0. The number of para-hydroxylation sites is 1. The maximum absolute atomic E-state index is 5.54. The maximum Gasteiger partial charge on any atom is 0.195 e. The van der Waals surface area contributed by atoms with E-state index in [1.54, 1.807) is 21.3 Å². The highest BCUT2D eigenvalue weighted by Crippen LogP contribution is 2.30. The smallest absolute Gasteiger partial charge is 0.195 e. The van der Waals surface area contributed by atoms with Crippen LogP contribution in [-0.2, 0) is 0 Å². The van der Waals surface area contributed by atoms with Crippen molar-refractivity contribution in [2.24, 2.45) is 4.99 Å². The zero-order valence-electron chi connectivity index (χ0n) is 18.2. The minimum absolute atomic E-state index is 0.0759. The van der Waals surface area contributed by atoms with Crippen molar-refractivity contribution < 1.29 is 14.2 Å². The Morgan fingerprint density at radius 1 is 0.966 bits per heavy atom. The van der Waals surface area contributed by atoms with Crippen molar-refractivity contribution in [1.29, 1.82) is 0 Å². The number of hydrogen-bond donors (Lipinski definition) is 2. The van der Waals surface area contributed by atoms with Crippen LogP contribution in [0.4, 0.5) is 5.69 Å². The van der Waals surface area contributed by atoms with E-state index in [0.717, 1.165) is 23.5 Å². The molecule has 1 unspecified atom stereocenters. The van der Waals surface area contributed by atoms with Gasteiger partial charge in [0.15, 0.2) is 17.5 Å². The van der Waals surface area contributed by atoms with Gasteiger partial charge in [-0.1, -0.05) is 18.2 Å². The van der Waals surface area contributed by atoms with Crippen molar-refractivity contribution in [3.8, 4) is 17.2 Å². The van der Waals surface area contributed by atoms with Gasteiger partial charge < -0.3 is 29.7 Å². The Bertz CT molecular complexity index is 808. The van der Waals surface area contributed by atoms with E-state index in [9.17, 15) is 0 Å². The number of anilines is 1. The molecule has 0 saturated heterocycles. The summed E-state index contributed by atoms with van der Waals surface area (Å²) in [7, 11) is 9.02. The van der Waals surface area contributed by atoms with Crippen LogP contribution in [-0.4, -0.2) is 59.4 Å². The van der Waals surface area contributed by atoms with Crippen LogP contribution in [0.1, 0.15) is 18.5 Å². The average molecular weight is 401 g/mol. The molecule has 2 aromatic rings. The lowest BCUT2D eigenvalue weighted by Crippen LogP contribution is -2.32. The van der Waals surface area contributed by atoms with Gasteiger partial charge in [0, 0.05) is 23.9 Å². The van der Waals surface area contributed by atoms with Crippen LogP contribution < -0.4 is 24.8 Å². The molecule has 0 amide bonds. The second kappa shape index (κ2) is 11.2. The van der Waals surface area contributed by atoms with Crippen LogP contribution in [0, 0.1) is 0 Å². The van der Waals surface area contributed by atoms with E-state index in [1.165, 1.54) is 0 Å². The summed E-state index contributed by atoms with van der Waals surface area (Å²) in [5.74, 6) is 2.90. The molecular weight excluding hydrogens is 368 g/mol. The Balaban J connectivity index is 2.24. The molecule has 1 atom stereocenters. The number of aliphatic imine (C=N–C) groups is 1. The molecular formula is C22H32N4O3. The maximum atomic E-state index is 5.54. The Kier molecular flexibility index (Phi) is 8.61. The van der Waals surface area contributed by atoms with Gasteiger partial charge in [0.2, 0.25) is 0 Å². The average Bonchev–Trinajstić information content (AvgIpc) is 2.73. The van der Waals surface area contributed by atoms with Gasteiger partial charge in [-0.05, 0) is 39.2 Å². The minimum atomic E-state index is 0.0759.